The minimum atomic E-state index is -2.75. The number of para-hydroxylation sites is 1. The molecule has 2 nitrogen and oxygen atoms in total. The van der Waals surface area contributed by atoms with Gasteiger partial charge in [0.1, 0.15) is 5.75 Å². The quantitative estimate of drug-likeness (QED) is 0.803. The lowest BCUT2D eigenvalue weighted by molar-refractivity contribution is -0.0507. The van der Waals surface area contributed by atoms with Crippen molar-refractivity contribution in [3.05, 3.63) is 29.8 Å². The Morgan fingerprint density at radius 2 is 2.00 bits per heavy atom. The molecule has 76 valence electrons. The molecule has 0 unspecified atom stereocenters. The van der Waals surface area contributed by atoms with Crippen LogP contribution in [-0.4, -0.2) is 19.7 Å². The summed E-state index contributed by atoms with van der Waals surface area (Å²) in [7, 11) is 0. The Bertz CT molecular complexity index is 313. The number of ether oxygens (including phenoxy) is 1. The Balaban J connectivity index is 2.19. The van der Waals surface area contributed by atoms with Crippen LogP contribution in [0.2, 0.25) is 0 Å². The van der Waals surface area contributed by atoms with E-state index in [1.54, 1.807) is 12.1 Å². The zero-order valence-electron chi connectivity index (χ0n) is 7.54. The number of alkyl halides is 2. The van der Waals surface area contributed by atoms with Crippen molar-refractivity contribution in [2.45, 2.75) is 12.5 Å². The molecule has 0 spiro atoms. The Kier molecular flexibility index (Phi) is 2.63. The summed E-state index contributed by atoms with van der Waals surface area (Å²) in [5.41, 5.74) is 0.867. The Labute approximate surface area is 80.9 Å². The fourth-order valence-corrected chi connectivity index (χ4v) is 1.53. The first-order valence-corrected chi connectivity index (χ1v) is 4.52. The first-order chi connectivity index (χ1) is 6.77. The van der Waals surface area contributed by atoms with Gasteiger partial charge in [-0.3, -0.25) is 0 Å². The van der Waals surface area contributed by atoms with Crippen molar-refractivity contribution in [3.63, 3.8) is 0 Å². The van der Waals surface area contributed by atoms with Gasteiger partial charge in [0.15, 0.2) is 0 Å². The third kappa shape index (κ3) is 1.85. The van der Waals surface area contributed by atoms with Crippen molar-refractivity contribution < 1.29 is 13.5 Å². The number of nitrogens with one attached hydrogen (secondary N) is 1. The summed E-state index contributed by atoms with van der Waals surface area (Å²) in [5.74, 6) is 0.610. The molecular formula is C10H11F2NO. The number of benzene rings is 1. The molecule has 0 aromatic heterocycles. The number of hydrogen-bond acceptors (Lipinski definition) is 2. The molecule has 0 amide bonds. The van der Waals surface area contributed by atoms with Crippen molar-refractivity contribution in [2.24, 2.45) is 0 Å². The standard InChI is InChI=1S/C10H11F2NO/c11-10(12)14-9-4-2-1-3-8(9)7-5-13-6-7/h1-4,7,10,13H,5-6H2. The van der Waals surface area contributed by atoms with Crippen LogP contribution in [0.1, 0.15) is 11.5 Å². The molecule has 1 aliphatic heterocycles. The van der Waals surface area contributed by atoms with Gasteiger partial charge < -0.3 is 10.1 Å². The molecule has 1 aromatic rings. The van der Waals surface area contributed by atoms with Crippen LogP contribution in [0.5, 0.6) is 5.75 Å². The number of halogens is 2. The highest BCUT2D eigenvalue weighted by molar-refractivity contribution is 5.37. The molecule has 2 rings (SSSR count). The average Bonchev–Trinajstić information content (AvgIpc) is 2.04. The van der Waals surface area contributed by atoms with Crippen LogP contribution < -0.4 is 10.1 Å². The van der Waals surface area contributed by atoms with E-state index in [-0.39, 0.29) is 0 Å². The van der Waals surface area contributed by atoms with E-state index in [1.165, 1.54) is 0 Å². The monoisotopic (exact) mass is 199 g/mol. The Morgan fingerprint density at radius 1 is 1.29 bits per heavy atom. The molecule has 0 aliphatic carbocycles. The SMILES string of the molecule is FC(F)Oc1ccccc1C1CNC1. The van der Waals surface area contributed by atoms with E-state index in [9.17, 15) is 8.78 Å². The Hall–Kier alpha value is -1.16. The fraction of sp³-hybridized carbons (Fsp3) is 0.400. The highest BCUT2D eigenvalue weighted by atomic mass is 19.3. The third-order valence-electron chi connectivity index (χ3n) is 2.36. The van der Waals surface area contributed by atoms with Crippen LogP contribution >= 0.6 is 0 Å². The third-order valence-corrected chi connectivity index (χ3v) is 2.36. The van der Waals surface area contributed by atoms with Gasteiger partial charge in [0, 0.05) is 19.0 Å². The van der Waals surface area contributed by atoms with E-state index in [1.807, 2.05) is 12.1 Å². The number of hydrogen-bond donors (Lipinski definition) is 1. The molecule has 1 N–H and O–H groups in total. The van der Waals surface area contributed by atoms with Gasteiger partial charge in [-0.15, -0.1) is 0 Å². The van der Waals surface area contributed by atoms with Crippen molar-refractivity contribution in [1.29, 1.82) is 0 Å². The minimum absolute atomic E-state index is 0.300. The smallest absolute Gasteiger partial charge is 0.387 e. The maximum atomic E-state index is 12.0. The largest absolute Gasteiger partial charge is 0.435 e. The van der Waals surface area contributed by atoms with Crippen LogP contribution in [0.4, 0.5) is 8.78 Å². The fourth-order valence-electron chi connectivity index (χ4n) is 1.53. The summed E-state index contributed by atoms with van der Waals surface area (Å²) in [6, 6.07) is 6.96. The van der Waals surface area contributed by atoms with Gasteiger partial charge in [-0.2, -0.15) is 8.78 Å². The van der Waals surface area contributed by atoms with Gasteiger partial charge in [-0.05, 0) is 11.6 Å². The molecule has 0 atom stereocenters. The second kappa shape index (κ2) is 3.92. The lowest BCUT2D eigenvalue weighted by Gasteiger charge is -2.28. The molecule has 1 fully saturated rings. The molecule has 1 saturated heterocycles. The molecule has 0 bridgehead atoms. The van der Waals surface area contributed by atoms with Crippen LogP contribution in [0.25, 0.3) is 0 Å². The van der Waals surface area contributed by atoms with E-state index < -0.39 is 6.61 Å². The molecule has 0 saturated carbocycles. The molecule has 4 heteroatoms. The first-order valence-electron chi connectivity index (χ1n) is 4.52. The Morgan fingerprint density at radius 3 is 2.57 bits per heavy atom. The van der Waals surface area contributed by atoms with Gasteiger partial charge in [0.05, 0.1) is 0 Å². The summed E-state index contributed by atoms with van der Waals surface area (Å²) in [4.78, 5) is 0. The topological polar surface area (TPSA) is 21.3 Å². The number of rotatable bonds is 3. The van der Waals surface area contributed by atoms with Gasteiger partial charge in [-0.1, -0.05) is 18.2 Å². The zero-order chi connectivity index (χ0) is 9.97. The van der Waals surface area contributed by atoms with Gasteiger partial charge in [-0.25, -0.2) is 0 Å². The van der Waals surface area contributed by atoms with E-state index in [0.717, 1.165) is 18.7 Å². The minimum Gasteiger partial charge on any atom is -0.435 e. The zero-order valence-corrected chi connectivity index (χ0v) is 7.54. The lowest BCUT2D eigenvalue weighted by Crippen LogP contribution is -2.40. The predicted molar refractivity (Wildman–Crippen MR) is 48.7 cm³/mol. The summed E-state index contributed by atoms with van der Waals surface area (Å²) in [6.07, 6.45) is 0. The predicted octanol–water partition coefficient (Wildman–Crippen LogP) is 1.97. The average molecular weight is 199 g/mol. The lowest BCUT2D eigenvalue weighted by atomic mass is 9.93. The maximum absolute atomic E-state index is 12.0. The summed E-state index contributed by atoms with van der Waals surface area (Å²) >= 11 is 0. The molecule has 14 heavy (non-hydrogen) atoms. The van der Waals surface area contributed by atoms with Crippen LogP contribution in [0.3, 0.4) is 0 Å². The summed E-state index contributed by atoms with van der Waals surface area (Å²) < 4.78 is 28.5. The summed E-state index contributed by atoms with van der Waals surface area (Å²) in [5, 5.41) is 3.10. The van der Waals surface area contributed by atoms with E-state index >= 15 is 0 Å². The highest BCUT2D eigenvalue weighted by Gasteiger charge is 2.22. The first kappa shape index (κ1) is 9.40. The van der Waals surface area contributed by atoms with Crippen molar-refractivity contribution in [1.82, 2.24) is 5.32 Å². The molecule has 1 aromatic carbocycles. The van der Waals surface area contributed by atoms with Crippen LogP contribution in [-0.2, 0) is 0 Å². The summed E-state index contributed by atoms with van der Waals surface area (Å²) in [6.45, 7) is -1.07. The van der Waals surface area contributed by atoms with Crippen molar-refractivity contribution >= 4 is 0 Å². The molecule has 1 aliphatic rings. The van der Waals surface area contributed by atoms with Crippen LogP contribution in [0, 0.1) is 0 Å². The van der Waals surface area contributed by atoms with Crippen LogP contribution in [0.15, 0.2) is 24.3 Å². The van der Waals surface area contributed by atoms with E-state index in [2.05, 4.69) is 10.1 Å². The van der Waals surface area contributed by atoms with E-state index in [4.69, 9.17) is 0 Å². The normalized spacial score (nSPS) is 16.8. The van der Waals surface area contributed by atoms with Crippen molar-refractivity contribution in [2.75, 3.05) is 13.1 Å². The second-order valence-electron chi connectivity index (χ2n) is 3.27. The van der Waals surface area contributed by atoms with Crippen molar-refractivity contribution in [3.8, 4) is 5.75 Å². The maximum Gasteiger partial charge on any atom is 0.387 e. The van der Waals surface area contributed by atoms with E-state index in [0.29, 0.717) is 11.7 Å². The molecule has 0 radical (unpaired) electrons. The molecule has 1 heterocycles. The second-order valence-corrected chi connectivity index (χ2v) is 3.27. The van der Waals surface area contributed by atoms with Gasteiger partial charge in [0.2, 0.25) is 0 Å². The van der Waals surface area contributed by atoms with Gasteiger partial charge >= 0.3 is 6.61 Å². The van der Waals surface area contributed by atoms with Gasteiger partial charge in [0.25, 0.3) is 0 Å². The highest BCUT2D eigenvalue weighted by Crippen LogP contribution is 2.29. The molecular weight excluding hydrogens is 188 g/mol.